The zero-order valence-corrected chi connectivity index (χ0v) is 12.2. The van der Waals surface area contributed by atoms with Gasteiger partial charge in [-0.05, 0) is 19.8 Å². The molecule has 2 heterocycles. The van der Waals surface area contributed by atoms with Gasteiger partial charge in [0.05, 0.1) is 6.61 Å². The maximum atomic E-state index is 11.3. The Labute approximate surface area is 118 Å². The normalized spacial score (nSPS) is 35.1. The lowest BCUT2D eigenvalue weighted by atomic mass is 10.1. The summed E-state index contributed by atoms with van der Waals surface area (Å²) in [4.78, 5) is 11.3. The maximum Gasteiger partial charge on any atom is 0.508 e. The second kappa shape index (κ2) is 5.85. The van der Waals surface area contributed by atoms with Crippen LogP contribution < -0.4 is 0 Å². The number of aliphatic hydroxyl groups is 1. The summed E-state index contributed by atoms with van der Waals surface area (Å²) in [6.07, 6.45) is -3.55. The Morgan fingerprint density at radius 2 is 2.00 bits per heavy atom. The fraction of sp³-hybridized carbons (Fsp3) is 0.923. The molecule has 2 fully saturated rings. The molecule has 7 nitrogen and oxygen atoms in total. The van der Waals surface area contributed by atoms with Crippen LogP contribution in [0.25, 0.3) is 0 Å². The number of carbonyl (C=O) groups is 1. The largest absolute Gasteiger partial charge is 0.508 e. The SMILES string of the molecule is CC(C)COC(=O)OC[C@H]1O[C@@H]2OC(C)(C)O[C@@H]2[C@H]1O. The topological polar surface area (TPSA) is 83.5 Å². The van der Waals surface area contributed by atoms with Crippen LogP contribution in [0.15, 0.2) is 0 Å². The Hall–Kier alpha value is -0.890. The fourth-order valence-electron chi connectivity index (χ4n) is 2.12. The standard InChI is InChI=1S/C13H22O7/c1-7(2)5-16-12(15)17-6-8-9(14)10-11(18-8)20-13(3,4)19-10/h7-11,14H,5-6H2,1-4H3/t8-,9+,10-,11-/m1/s1. The van der Waals surface area contributed by atoms with Crippen LogP contribution in [0.4, 0.5) is 4.79 Å². The van der Waals surface area contributed by atoms with Gasteiger partial charge in [0.2, 0.25) is 0 Å². The molecule has 0 aromatic carbocycles. The predicted molar refractivity (Wildman–Crippen MR) is 66.8 cm³/mol. The van der Waals surface area contributed by atoms with E-state index in [1.807, 2.05) is 13.8 Å². The summed E-state index contributed by atoms with van der Waals surface area (Å²) in [5.74, 6) is -0.544. The maximum absolute atomic E-state index is 11.3. The Morgan fingerprint density at radius 1 is 1.30 bits per heavy atom. The first-order chi connectivity index (χ1) is 9.28. The summed E-state index contributed by atoms with van der Waals surface area (Å²) >= 11 is 0. The van der Waals surface area contributed by atoms with Gasteiger partial charge in [-0.2, -0.15) is 0 Å². The van der Waals surface area contributed by atoms with Crippen molar-refractivity contribution in [3.63, 3.8) is 0 Å². The molecule has 0 spiro atoms. The fourth-order valence-corrected chi connectivity index (χ4v) is 2.12. The third kappa shape index (κ3) is 3.60. The molecular weight excluding hydrogens is 268 g/mol. The van der Waals surface area contributed by atoms with Crippen molar-refractivity contribution in [2.75, 3.05) is 13.2 Å². The van der Waals surface area contributed by atoms with E-state index in [1.165, 1.54) is 0 Å². The van der Waals surface area contributed by atoms with Crippen LogP contribution in [0, 0.1) is 5.92 Å². The van der Waals surface area contributed by atoms with Crippen molar-refractivity contribution in [3.05, 3.63) is 0 Å². The van der Waals surface area contributed by atoms with Gasteiger partial charge in [0.1, 0.15) is 24.9 Å². The quantitative estimate of drug-likeness (QED) is 0.774. The lowest BCUT2D eigenvalue weighted by molar-refractivity contribution is -0.218. The van der Waals surface area contributed by atoms with Crippen LogP contribution in [-0.2, 0) is 23.7 Å². The molecule has 2 aliphatic heterocycles. The molecule has 7 heteroatoms. The highest BCUT2D eigenvalue weighted by atomic mass is 16.8. The van der Waals surface area contributed by atoms with E-state index >= 15 is 0 Å². The monoisotopic (exact) mass is 290 g/mol. The Bertz CT molecular complexity index is 355. The Morgan fingerprint density at radius 3 is 2.60 bits per heavy atom. The minimum atomic E-state index is -0.903. The molecule has 0 aromatic rings. The number of aliphatic hydroxyl groups excluding tert-OH is 1. The number of rotatable bonds is 4. The Balaban J connectivity index is 1.75. The lowest BCUT2D eigenvalue weighted by Gasteiger charge is -2.22. The van der Waals surface area contributed by atoms with Crippen LogP contribution in [0.3, 0.4) is 0 Å². The van der Waals surface area contributed by atoms with Gasteiger partial charge >= 0.3 is 6.16 Å². The number of hydrogen-bond donors (Lipinski definition) is 1. The summed E-state index contributed by atoms with van der Waals surface area (Å²) in [6.45, 7) is 7.53. The third-order valence-corrected chi connectivity index (χ3v) is 3.01. The zero-order valence-electron chi connectivity index (χ0n) is 12.2. The smallest absolute Gasteiger partial charge is 0.434 e. The summed E-state index contributed by atoms with van der Waals surface area (Å²) in [6, 6.07) is 0. The van der Waals surface area contributed by atoms with Gasteiger partial charge in [-0.15, -0.1) is 0 Å². The first-order valence-electron chi connectivity index (χ1n) is 6.77. The van der Waals surface area contributed by atoms with Crippen molar-refractivity contribution in [3.8, 4) is 0 Å². The number of ether oxygens (including phenoxy) is 5. The molecule has 116 valence electrons. The molecule has 0 unspecified atom stereocenters. The second-order valence-electron chi connectivity index (χ2n) is 5.90. The van der Waals surface area contributed by atoms with E-state index in [0.717, 1.165) is 0 Å². The summed E-state index contributed by atoms with van der Waals surface area (Å²) in [5.41, 5.74) is 0. The highest BCUT2D eigenvalue weighted by Gasteiger charge is 2.54. The number of carbonyl (C=O) groups excluding carboxylic acids is 1. The average molecular weight is 290 g/mol. The molecular formula is C13H22O7. The van der Waals surface area contributed by atoms with Gasteiger partial charge < -0.3 is 28.8 Å². The summed E-state index contributed by atoms with van der Waals surface area (Å²) in [7, 11) is 0. The molecule has 0 bridgehead atoms. The number of fused-ring (bicyclic) bond motifs is 1. The molecule has 0 amide bonds. The molecule has 2 rings (SSSR count). The molecule has 1 N–H and O–H groups in total. The van der Waals surface area contributed by atoms with E-state index in [1.54, 1.807) is 13.8 Å². The van der Waals surface area contributed by atoms with E-state index < -0.39 is 36.5 Å². The molecule has 2 saturated heterocycles. The molecule has 0 saturated carbocycles. The van der Waals surface area contributed by atoms with Gasteiger partial charge in [0.25, 0.3) is 0 Å². The van der Waals surface area contributed by atoms with Gasteiger partial charge in [0, 0.05) is 0 Å². The van der Waals surface area contributed by atoms with E-state index in [4.69, 9.17) is 23.7 Å². The van der Waals surface area contributed by atoms with Crippen molar-refractivity contribution < 1.29 is 33.6 Å². The minimum Gasteiger partial charge on any atom is -0.434 e. The van der Waals surface area contributed by atoms with Crippen LogP contribution in [0.5, 0.6) is 0 Å². The molecule has 4 atom stereocenters. The zero-order chi connectivity index (χ0) is 14.9. The molecule has 0 radical (unpaired) electrons. The highest BCUT2D eigenvalue weighted by molar-refractivity contribution is 5.59. The molecule has 20 heavy (non-hydrogen) atoms. The van der Waals surface area contributed by atoms with Crippen LogP contribution in [-0.4, -0.2) is 54.9 Å². The van der Waals surface area contributed by atoms with Crippen molar-refractivity contribution in [1.29, 1.82) is 0 Å². The summed E-state index contributed by atoms with van der Waals surface area (Å²) in [5, 5.41) is 10.1. The average Bonchev–Trinajstić information content (AvgIpc) is 2.78. The van der Waals surface area contributed by atoms with E-state index in [9.17, 15) is 9.90 Å². The molecule has 2 aliphatic rings. The minimum absolute atomic E-state index is 0.0990. The number of hydrogen-bond acceptors (Lipinski definition) is 7. The van der Waals surface area contributed by atoms with Crippen LogP contribution in [0.1, 0.15) is 27.7 Å². The van der Waals surface area contributed by atoms with Gasteiger partial charge in [-0.25, -0.2) is 4.79 Å². The molecule has 0 aromatic heterocycles. The van der Waals surface area contributed by atoms with Gasteiger partial charge in [-0.3, -0.25) is 0 Å². The first kappa shape index (κ1) is 15.5. The van der Waals surface area contributed by atoms with Crippen molar-refractivity contribution in [2.24, 2.45) is 5.92 Å². The van der Waals surface area contributed by atoms with Crippen LogP contribution >= 0.6 is 0 Å². The van der Waals surface area contributed by atoms with Gasteiger partial charge in [0.15, 0.2) is 12.1 Å². The van der Waals surface area contributed by atoms with E-state index in [-0.39, 0.29) is 12.5 Å². The van der Waals surface area contributed by atoms with Crippen LogP contribution in [0.2, 0.25) is 0 Å². The van der Waals surface area contributed by atoms with Gasteiger partial charge in [-0.1, -0.05) is 13.8 Å². The van der Waals surface area contributed by atoms with Crippen molar-refractivity contribution in [2.45, 2.75) is 58.1 Å². The third-order valence-electron chi connectivity index (χ3n) is 3.01. The second-order valence-corrected chi connectivity index (χ2v) is 5.90. The van der Waals surface area contributed by atoms with Crippen molar-refractivity contribution in [1.82, 2.24) is 0 Å². The Kier molecular flexibility index (Phi) is 4.53. The first-order valence-corrected chi connectivity index (χ1v) is 6.77. The van der Waals surface area contributed by atoms with E-state index in [2.05, 4.69) is 0 Å². The predicted octanol–water partition coefficient (Wildman–Crippen LogP) is 1.03. The molecule has 0 aliphatic carbocycles. The lowest BCUT2D eigenvalue weighted by Crippen LogP contribution is -2.37. The summed E-state index contributed by atoms with van der Waals surface area (Å²) < 4.78 is 26.3. The van der Waals surface area contributed by atoms with E-state index in [0.29, 0.717) is 6.61 Å². The highest BCUT2D eigenvalue weighted by Crippen LogP contribution is 2.37. The van der Waals surface area contributed by atoms with Crippen molar-refractivity contribution >= 4 is 6.16 Å².